The molecule has 0 fully saturated rings. The molecule has 462 valence electrons. The highest BCUT2D eigenvalue weighted by atomic mass is 31.2. The predicted molar refractivity (Wildman–Crippen MR) is 346 cm³/mol. The van der Waals surface area contributed by atoms with Crippen LogP contribution in [0.1, 0.15) is 284 Å². The van der Waals surface area contributed by atoms with E-state index < -0.39 is 20.0 Å². The largest absolute Gasteiger partial charge is 0.472 e. The molecule has 0 saturated heterocycles. The molecule has 3 atom stereocenters. The van der Waals surface area contributed by atoms with Crippen molar-refractivity contribution in [1.29, 1.82) is 0 Å². The molecule has 0 radical (unpaired) electrons. The molecule has 80 heavy (non-hydrogen) atoms. The lowest BCUT2D eigenvalue weighted by Gasteiger charge is -2.27. The molecule has 3 unspecified atom stereocenters. The lowest BCUT2D eigenvalue weighted by atomic mass is 10.0. The van der Waals surface area contributed by atoms with Gasteiger partial charge in [0, 0.05) is 12.8 Å². The molecule has 0 aliphatic carbocycles. The van der Waals surface area contributed by atoms with Crippen molar-refractivity contribution >= 4 is 19.7 Å². The molecule has 10 heteroatoms. The molecule has 2 N–H and O–H groups in total. The number of carbonyl (C=O) groups is 2. The third kappa shape index (κ3) is 59.5. The number of quaternary nitrogens is 1. The first-order valence-electron chi connectivity index (χ1n) is 33.1. The van der Waals surface area contributed by atoms with E-state index in [1.807, 2.05) is 33.3 Å². The van der Waals surface area contributed by atoms with Crippen molar-refractivity contribution < 1.29 is 37.3 Å². The van der Waals surface area contributed by atoms with Crippen molar-refractivity contribution in [3.63, 3.8) is 0 Å². The van der Waals surface area contributed by atoms with Crippen LogP contribution in [-0.2, 0) is 27.9 Å². The molecule has 0 aromatic rings. The molecule has 1 amide bonds. The number of nitrogens with zero attached hydrogens (tertiary/aromatic N) is 1. The predicted octanol–water partition coefficient (Wildman–Crippen LogP) is 20.7. The second-order valence-corrected chi connectivity index (χ2v) is 24.7. The number of nitrogens with one attached hydrogen (secondary N) is 1. The standard InChI is InChI=1S/C70H125N2O7P/c1-7-10-13-16-19-22-25-28-30-31-32-33-34-35-36-37-38-39-40-41-43-45-48-51-54-57-60-63-70(74)79-68(61-58-55-52-49-46-27-24-21-18-15-12-9-3)67(66-78-80(75,76)77-65-64-72(4,5)6)71-69(73)62-59-56-53-50-47-44-42-29-26-23-20-17-14-11-8-2/h10,13,19-20,22-23,26,28-30,32-33,35-36,58,61,67-68H,7-9,11-12,14-18,21,24-25,27,31,34,37-57,59-60,62-66H2,1-6H3,(H-,71,73,75,76)/p+1/b13-10-,22-19-,23-20+,29-26+,30-28-,33-32-,36-35-,61-58-. The van der Waals surface area contributed by atoms with Crippen LogP contribution in [0, 0.1) is 0 Å². The van der Waals surface area contributed by atoms with Crippen LogP contribution in [0.4, 0.5) is 0 Å². The van der Waals surface area contributed by atoms with E-state index in [4.69, 9.17) is 13.8 Å². The highest BCUT2D eigenvalue weighted by Gasteiger charge is 2.30. The maximum atomic E-state index is 13.5. The van der Waals surface area contributed by atoms with Crippen molar-refractivity contribution in [1.82, 2.24) is 5.32 Å². The van der Waals surface area contributed by atoms with Gasteiger partial charge in [-0.1, -0.05) is 266 Å². The Morgan fingerprint density at radius 3 is 1.30 bits per heavy atom. The van der Waals surface area contributed by atoms with E-state index in [9.17, 15) is 19.0 Å². The fourth-order valence-corrected chi connectivity index (χ4v) is 9.93. The van der Waals surface area contributed by atoms with Crippen LogP contribution in [0.3, 0.4) is 0 Å². The topological polar surface area (TPSA) is 111 Å². The van der Waals surface area contributed by atoms with E-state index >= 15 is 0 Å². The van der Waals surface area contributed by atoms with Gasteiger partial charge in [0.15, 0.2) is 0 Å². The van der Waals surface area contributed by atoms with Crippen LogP contribution in [0.5, 0.6) is 0 Å². The number of hydrogen-bond acceptors (Lipinski definition) is 6. The van der Waals surface area contributed by atoms with Crippen LogP contribution in [0.2, 0.25) is 0 Å². The van der Waals surface area contributed by atoms with Gasteiger partial charge in [0.1, 0.15) is 19.3 Å². The number of unbranched alkanes of at least 4 members (excludes halogenated alkanes) is 30. The summed E-state index contributed by atoms with van der Waals surface area (Å²) in [5.74, 6) is -0.522. The van der Waals surface area contributed by atoms with E-state index in [-0.39, 0.29) is 31.5 Å². The SMILES string of the molecule is CC/C=C\C/C=C\C/C=C\C/C=C\C/C=C\CCCCCCCCCCCCCC(=O)OC(/C=C\CCCCCCCCCCCC)C(COP(=O)(O)OCC[N+](C)(C)C)NC(=O)CCCCCCCC/C=C/C=C/CCCCC. The van der Waals surface area contributed by atoms with Gasteiger partial charge in [0.2, 0.25) is 5.91 Å². The number of esters is 1. The van der Waals surface area contributed by atoms with Crippen molar-refractivity contribution in [3.05, 3.63) is 97.2 Å². The normalized spacial score (nSPS) is 14.2. The summed E-state index contributed by atoms with van der Waals surface area (Å²) in [6, 6.07) is -0.860. The summed E-state index contributed by atoms with van der Waals surface area (Å²) in [7, 11) is 1.48. The van der Waals surface area contributed by atoms with Crippen molar-refractivity contribution in [2.45, 2.75) is 296 Å². The maximum absolute atomic E-state index is 13.5. The average Bonchev–Trinajstić information content (AvgIpc) is 3.43. The second kappa shape index (κ2) is 59.1. The van der Waals surface area contributed by atoms with Gasteiger partial charge in [0.25, 0.3) is 0 Å². The molecule has 0 aliphatic rings. The summed E-state index contributed by atoms with van der Waals surface area (Å²) in [4.78, 5) is 37.8. The minimum Gasteiger partial charge on any atom is -0.456 e. The minimum atomic E-state index is -4.46. The molecule has 0 aromatic carbocycles. The van der Waals surface area contributed by atoms with Crippen LogP contribution >= 0.6 is 7.82 Å². The van der Waals surface area contributed by atoms with Gasteiger partial charge in [-0.05, 0) is 102 Å². The van der Waals surface area contributed by atoms with Crippen LogP contribution in [-0.4, -0.2) is 74.3 Å². The van der Waals surface area contributed by atoms with Gasteiger partial charge in [-0.3, -0.25) is 18.6 Å². The summed E-state index contributed by atoms with van der Waals surface area (Å²) in [6.07, 6.45) is 79.8. The van der Waals surface area contributed by atoms with Gasteiger partial charge >= 0.3 is 13.8 Å². The lowest BCUT2D eigenvalue weighted by molar-refractivity contribution is -0.870. The Bertz CT molecular complexity index is 1690. The molecule has 0 bridgehead atoms. The lowest BCUT2D eigenvalue weighted by Crippen LogP contribution is -2.47. The fraction of sp³-hybridized carbons (Fsp3) is 0.743. The zero-order valence-electron chi connectivity index (χ0n) is 52.8. The van der Waals surface area contributed by atoms with Gasteiger partial charge in [-0.2, -0.15) is 0 Å². The maximum Gasteiger partial charge on any atom is 0.472 e. The van der Waals surface area contributed by atoms with E-state index in [0.717, 1.165) is 116 Å². The zero-order chi connectivity index (χ0) is 58.6. The number of carbonyl (C=O) groups excluding carboxylic acids is 2. The Balaban J connectivity index is 5.10. The molecule has 0 heterocycles. The number of amides is 1. The fourth-order valence-electron chi connectivity index (χ4n) is 9.19. The number of phosphoric ester groups is 1. The Morgan fingerprint density at radius 1 is 0.463 bits per heavy atom. The van der Waals surface area contributed by atoms with Crippen LogP contribution in [0.15, 0.2) is 97.2 Å². The summed E-state index contributed by atoms with van der Waals surface area (Å²) >= 11 is 0. The van der Waals surface area contributed by atoms with Gasteiger partial charge in [0.05, 0.1) is 33.8 Å². The summed E-state index contributed by atoms with van der Waals surface area (Å²) in [5, 5.41) is 3.05. The van der Waals surface area contributed by atoms with Crippen LogP contribution in [0.25, 0.3) is 0 Å². The summed E-state index contributed by atoms with van der Waals surface area (Å²) in [5.41, 5.74) is 0. The Labute approximate surface area is 494 Å². The first-order valence-corrected chi connectivity index (χ1v) is 34.6. The highest BCUT2D eigenvalue weighted by molar-refractivity contribution is 7.47. The summed E-state index contributed by atoms with van der Waals surface area (Å²) in [6.45, 7) is 6.86. The van der Waals surface area contributed by atoms with Gasteiger partial charge < -0.3 is 19.4 Å². The van der Waals surface area contributed by atoms with E-state index in [2.05, 4.69) is 111 Å². The summed E-state index contributed by atoms with van der Waals surface area (Å²) < 4.78 is 30.7. The van der Waals surface area contributed by atoms with E-state index in [0.29, 0.717) is 17.4 Å². The second-order valence-electron chi connectivity index (χ2n) is 23.3. The molecular formula is C70H126N2O7P+. The minimum absolute atomic E-state index is 0.0339. The van der Waals surface area contributed by atoms with E-state index in [1.165, 1.54) is 135 Å². The molecule has 0 spiro atoms. The Morgan fingerprint density at radius 2 is 0.838 bits per heavy atom. The molecule has 9 nitrogen and oxygen atoms in total. The molecule has 0 aromatic heterocycles. The Kier molecular flexibility index (Phi) is 56.8. The van der Waals surface area contributed by atoms with Crippen molar-refractivity contribution in [2.75, 3.05) is 40.9 Å². The van der Waals surface area contributed by atoms with Crippen molar-refractivity contribution in [3.8, 4) is 0 Å². The smallest absolute Gasteiger partial charge is 0.456 e. The monoisotopic (exact) mass is 1140 g/mol. The number of ether oxygens (including phenoxy) is 1. The number of phosphoric acid groups is 1. The first-order chi connectivity index (χ1) is 38.9. The zero-order valence-corrected chi connectivity index (χ0v) is 53.7. The van der Waals surface area contributed by atoms with Gasteiger partial charge in [-0.15, -0.1) is 0 Å². The van der Waals surface area contributed by atoms with E-state index in [1.54, 1.807) is 0 Å². The third-order valence-corrected chi connectivity index (χ3v) is 15.3. The molecule has 0 saturated carbocycles. The molecule has 0 rings (SSSR count). The first kappa shape index (κ1) is 76.9. The Hall–Kier alpha value is -3.07. The molecular weight excluding hydrogens is 1010 g/mol. The molecule has 0 aliphatic heterocycles. The highest BCUT2D eigenvalue weighted by Crippen LogP contribution is 2.43. The number of hydrogen-bond donors (Lipinski definition) is 2. The average molecular weight is 1140 g/mol. The van der Waals surface area contributed by atoms with Crippen LogP contribution < -0.4 is 5.32 Å². The quantitative estimate of drug-likeness (QED) is 0.0156. The van der Waals surface area contributed by atoms with Crippen molar-refractivity contribution in [2.24, 2.45) is 0 Å². The number of rotatable bonds is 59. The number of likely N-dealkylation sites (N-methyl/N-ethyl adjacent to an activating group) is 1. The van der Waals surface area contributed by atoms with Gasteiger partial charge in [-0.25, -0.2) is 4.57 Å². The number of allylic oxidation sites excluding steroid dienone is 15. The third-order valence-electron chi connectivity index (χ3n) is 14.3.